The van der Waals surface area contributed by atoms with Crippen LogP contribution in [0, 0.1) is 0 Å². The van der Waals surface area contributed by atoms with Gasteiger partial charge in [-0.15, -0.1) is 0 Å². The maximum absolute atomic E-state index is 12.5. The molecule has 0 aliphatic carbocycles. The Bertz CT molecular complexity index is 898. The highest BCUT2D eigenvalue weighted by atomic mass is 32.2. The molecule has 0 bridgehead atoms. The van der Waals surface area contributed by atoms with Gasteiger partial charge in [-0.25, -0.2) is 8.42 Å². The van der Waals surface area contributed by atoms with Gasteiger partial charge < -0.3 is 15.2 Å². The fourth-order valence-corrected chi connectivity index (χ4v) is 4.20. The van der Waals surface area contributed by atoms with Crippen LogP contribution in [0.2, 0.25) is 0 Å². The molecule has 0 spiro atoms. The molecule has 0 fully saturated rings. The van der Waals surface area contributed by atoms with Crippen molar-refractivity contribution in [2.75, 3.05) is 17.9 Å². The fraction of sp³-hybridized carbons (Fsp3) is 0.429. The molecular formula is C21H28N2O4S. The Labute approximate surface area is 167 Å². The molecule has 28 heavy (non-hydrogen) atoms. The molecule has 2 aromatic rings. The first-order chi connectivity index (χ1) is 13.3. The van der Waals surface area contributed by atoms with E-state index in [-0.39, 0.29) is 23.1 Å². The van der Waals surface area contributed by atoms with E-state index in [9.17, 15) is 13.5 Å². The van der Waals surface area contributed by atoms with Crippen molar-refractivity contribution in [2.45, 2.75) is 49.6 Å². The zero-order valence-electron chi connectivity index (χ0n) is 16.3. The van der Waals surface area contributed by atoms with Crippen LogP contribution in [0.3, 0.4) is 0 Å². The summed E-state index contributed by atoms with van der Waals surface area (Å²) in [7, 11) is -3.63. The van der Waals surface area contributed by atoms with E-state index < -0.39 is 10.0 Å². The van der Waals surface area contributed by atoms with Crippen LogP contribution in [0.25, 0.3) is 0 Å². The molecule has 2 aromatic carbocycles. The predicted molar refractivity (Wildman–Crippen MR) is 110 cm³/mol. The van der Waals surface area contributed by atoms with Gasteiger partial charge in [0, 0.05) is 11.6 Å². The number of fused-ring (bicyclic) bond motifs is 1. The summed E-state index contributed by atoms with van der Waals surface area (Å²) in [5.41, 5.74) is 1.26. The Morgan fingerprint density at radius 3 is 2.64 bits per heavy atom. The van der Waals surface area contributed by atoms with E-state index in [1.54, 1.807) is 42.5 Å². The van der Waals surface area contributed by atoms with Crippen LogP contribution in [0.5, 0.6) is 5.75 Å². The van der Waals surface area contributed by atoms with Crippen LogP contribution in [0.15, 0.2) is 53.4 Å². The van der Waals surface area contributed by atoms with Crippen LogP contribution in [-0.4, -0.2) is 38.3 Å². The zero-order chi connectivity index (χ0) is 20.2. The fourth-order valence-electron chi connectivity index (χ4n) is 3.13. The van der Waals surface area contributed by atoms with E-state index in [4.69, 9.17) is 4.74 Å². The number of ether oxygens (including phenoxy) is 1. The largest absolute Gasteiger partial charge is 0.490 e. The molecule has 152 valence electrons. The summed E-state index contributed by atoms with van der Waals surface area (Å²) in [6.07, 6.45) is 2.71. The number of aliphatic hydroxyl groups is 1. The van der Waals surface area contributed by atoms with Gasteiger partial charge in [-0.05, 0) is 63.4 Å². The molecule has 3 rings (SSSR count). The van der Waals surface area contributed by atoms with E-state index in [1.165, 1.54) is 0 Å². The van der Waals surface area contributed by atoms with Crippen molar-refractivity contribution in [3.63, 3.8) is 0 Å². The highest BCUT2D eigenvalue weighted by Gasteiger charge is 2.22. The summed E-state index contributed by atoms with van der Waals surface area (Å²) < 4.78 is 33.8. The second kappa shape index (κ2) is 8.51. The van der Waals surface area contributed by atoms with E-state index in [1.807, 2.05) is 19.9 Å². The highest BCUT2D eigenvalue weighted by molar-refractivity contribution is 7.92. The van der Waals surface area contributed by atoms with Crippen molar-refractivity contribution in [3.05, 3.63) is 54.1 Å². The van der Waals surface area contributed by atoms with Gasteiger partial charge in [0.1, 0.15) is 11.9 Å². The van der Waals surface area contributed by atoms with E-state index in [0.717, 1.165) is 37.1 Å². The summed E-state index contributed by atoms with van der Waals surface area (Å²) >= 11 is 0. The first-order valence-corrected chi connectivity index (χ1v) is 11.0. The van der Waals surface area contributed by atoms with Crippen molar-refractivity contribution in [1.82, 2.24) is 5.32 Å². The van der Waals surface area contributed by atoms with Crippen LogP contribution in [0.4, 0.5) is 5.69 Å². The number of nitrogens with one attached hydrogen (secondary N) is 2. The average molecular weight is 405 g/mol. The Morgan fingerprint density at radius 1 is 1.18 bits per heavy atom. The zero-order valence-corrected chi connectivity index (χ0v) is 17.1. The lowest BCUT2D eigenvalue weighted by atomic mass is 9.99. The third kappa shape index (κ3) is 5.25. The highest BCUT2D eigenvalue weighted by Crippen LogP contribution is 2.32. The second-order valence-corrected chi connectivity index (χ2v) is 9.46. The minimum Gasteiger partial charge on any atom is -0.490 e. The van der Waals surface area contributed by atoms with Crippen molar-refractivity contribution in [2.24, 2.45) is 0 Å². The van der Waals surface area contributed by atoms with Gasteiger partial charge in [0.2, 0.25) is 0 Å². The smallest absolute Gasteiger partial charge is 0.261 e. The van der Waals surface area contributed by atoms with Gasteiger partial charge in [-0.1, -0.05) is 24.3 Å². The predicted octanol–water partition coefficient (Wildman–Crippen LogP) is 2.93. The lowest BCUT2D eigenvalue weighted by Crippen LogP contribution is -2.44. The maximum atomic E-state index is 12.5. The monoisotopic (exact) mass is 404 g/mol. The number of sulfonamides is 1. The summed E-state index contributed by atoms with van der Waals surface area (Å²) in [5.74, 6) is 0.728. The summed E-state index contributed by atoms with van der Waals surface area (Å²) in [4.78, 5) is 0.226. The summed E-state index contributed by atoms with van der Waals surface area (Å²) in [5, 5.41) is 12.6. The molecule has 6 nitrogen and oxygen atoms in total. The van der Waals surface area contributed by atoms with E-state index >= 15 is 0 Å². The molecule has 0 amide bonds. The number of anilines is 1. The van der Waals surface area contributed by atoms with Crippen LogP contribution in [0.1, 0.15) is 32.3 Å². The minimum atomic E-state index is -3.63. The van der Waals surface area contributed by atoms with Crippen molar-refractivity contribution in [3.8, 4) is 5.75 Å². The number of benzene rings is 2. The number of aliphatic hydroxyl groups excluding tert-OH is 1. The van der Waals surface area contributed by atoms with Gasteiger partial charge in [-0.3, -0.25) is 4.72 Å². The molecule has 1 aliphatic rings. The average Bonchev–Trinajstić information content (AvgIpc) is 2.68. The Morgan fingerprint density at radius 2 is 1.93 bits per heavy atom. The minimum absolute atomic E-state index is 0.0653. The summed E-state index contributed by atoms with van der Waals surface area (Å²) in [6, 6.07) is 13.7. The van der Waals surface area contributed by atoms with Gasteiger partial charge in [-0.2, -0.15) is 0 Å². The molecule has 7 heteroatoms. The van der Waals surface area contributed by atoms with Gasteiger partial charge >= 0.3 is 0 Å². The summed E-state index contributed by atoms with van der Waals surface area (Å²) in [6.45, 7) is 4.73. The molecular weight excluding hydrogens is 376 g/mol. The van der Waals surface area contributed by atoms with Crippen LogP contribution in [-0.2, 0) is 16.4 Å². The second-order valence-electron chi connectivity index (χ2n) is 7.78. The maximum Gasteiger partial charge on any atom is 0.261 e. The topological polar surface area (TPSA) is 87.7 Å². The normalized spacial score (nSPS) is 16.9. The SMILES string of the molecule is CC(C)(CO)NCCC1CCc2ccc(NS(=O)(=O)c3ccccc3)cc2O1. The number of hydrogen-bond acceptors (Lipinski definition) is 5. The molecule has 1 unspecified atom stereocenters. The molecule has 0 saturated heterocycles. The van der Waals surface area contributed by atoms with E-state index in [2.05, 4.69) is 10.0 Å². The number of aryl methyl sites for hydroxylation is 1. The number of rotatable bonds is 8. The van der Waals surface area contributed by atoms with Gasteiger partial charge in [0.25, 0.3) is 10.0 Å². The first kappa shape index (κ1) is 20.6. The lowest BCUT2D eigenvalue weighted by Gasteiger charge is -2.29. The number of hydrogen-bond donors (Lipinski definition) is 3. The molecule has 1 atom stereocenters. The van der Waals surface area contributed by atoms with Crippen LogP contribution >= 0.6 is 0 Å². The molecule has 3 N–H and O–H groups in total. The third-order valence-electron chi connectivity index (χ3n) is 4.87. The van der Waals surface area contributed by atoms with E-state index in [0.29, 0.717) is 5.69 Å². The van der Waals surface area contributed by atoms with Crippen molar-refractivity contribution < 1.29 is 18.3 Å². The molecule has 1 aliphatic heterocycles. The van der Waals surface area contributed by atoms with Crippen LogP contribution < -0.4 is 14.8 Å². The van der Waals surface area contributed by atoms with Crippen molar-refractivity contribution >= 4 is 15.7 Å². The third-order valence-corrected chi connectivity index (χ3v) is 6.26. The molecule has 0 aromatic heterocycles. The van der Waals surface area contributed by atoms with Gasteiger partial charge in [0.05, 0.1) is 17.2 Å². The quantitative estimate of drug-likeness (QED) is 0.630. The Balaban J connectivity index is 1.65. The Kier molecular flexibility index (Phi) is 6.27. The molecule has 1 heterocycles. The standard InChI is InChI=1S/C21H28N2O4S/c1-21(2,15-24)22-13-12-18-11-9-16-8-10-17(14-20(16)27-18)23-28(25,26)19-6-4-3-5-7-19/h3-8,10,14,18,22-24H,9,11-13,15H2,1-2H3. The van der Waals surface area contributed by atoms with Gasteiger partial charge in [0.15, 0.2) is 0 Å². The molecule has 0 saturated carbocycles. The first-order valence-electron chi connectivity index (χ1n) is 9.52. The van der Waals surface area contributed by atoms with Crippen molar-refractivity contribution in [1.29, 1.82) is 0 Å². The molecule has 0 radical (unpaired) electrons. The Hall–Kier alpha value is -2.09. The lowest BCUT2D eigenvalue weighted by molar-refractivity contribution is 0.148.